The molecule has 0 aliphatic carbocycles. The lowest BCUT2D eigenvalue weighted by Gasteiger charge is -2.22. The number of rotatable bonds is 4. The quantitative estimate of drug-likeness (QED) is 0.740. The molecule has 0 saturated carbocycles. The van der Waals surface area contributed by atoms with E-state index in [-0.39, 0.29) is 42.7 Å². The summed E-state index contributed by atoms with van der Waals surface area (Å²) in [6.07, 6.45) is 4.61. The first kappa shape index (κ1) is 21.9. The van der Waals surface area contributed by atoms with Gasteiger partial charge in [0.1, 0.15) is 5.82 Å². The van der Waals surface area contributed by atoms with Crippen LogP contribution in [0.5, 0.6) is 0 Å². The third-order valence-electron chi connectivity index (χ3n) is 3.93. The van der Waals surface area contributed by atoms with Crippen LogP contribution in [-0.4, -0.2) is 29.4 Å². The van der Waals surface area contributed by atoms with E-state index in [2.05, 4.69) is 20.9 Å². The standard InChI is InChI=1S/C18H20N4O2.2ClH/c23-17(22-16-9-2-4-11-20-16)13-6-5-7-14(12-13)21-18(24)15-8-1-3-10-19-15;;/h2,4-7,9,11-12,15,19H,1,3,8,10H2,(H,21,24)(H,20,22,23);2*1H/t15-;;/m1../s1. The van der Waals surface area contributed by atoms with Gasteiger partial charge in [-0.2, -0.15) is 0 Å². The first-order chi connectivity index (χ1) is 11.7. The molecule has 26 heavy (non-hydrogen) atoms. The third-order valence-corrected chi connectivity index (χ3v) is 3.93. The molecule has 2 aromatic rings. The minimum atomic E-state index is -0.263. The Hall–Kier alpha value is -2.15. The molecule has 1 aliphatic rings. The normalized spacial score (nSPS) is 15.8. The molecule has 8 heteroatoms. The maximum absolute atomic E-state index is 12.3. The Labute approximate surface area is 165 Å². The average molecular weight is 397 g/mol. The van der Waals surface area contributed by atoms with Gasteiger partial charge in [-0.15, -0.1) is 24.8 Å². The first-order valence-electron chi connectivity index (χ1n) is 8.09. The third kappa shape index (κ3) is 5.98. The summed E-state index contributed by atoms with van der Waals surface area (Å²) in [5, 5.41) is 8.81. The van der Waals surface area contributed by atoms with Gasteiger partial charge in [0, 0.05) is 17.4 Å². The molecule has 1 aliphatic heterocycles. The zero-order chi connectivity index (χ0) is 16.8. The molecule has 3 N–H and O–H groups in total. The monoisotopic (exact) mass is 396 g/mol. The highest BCUT2D eigenvalue weighted by Crippen LogP contribution is 2.15. The van der Waals surface area contributed by atoms with Gasteiger partial charge in [-0.05, 0) is 49.7 Å². The van der Waals surface area contributed by atoms with Gasteiger partial charge in [-0.25, -0.2) is 4.98 Å². The molecule has 1 aromatic heterocycles. The summed E-state index contributed by atoms with van der Waals surface area (Å²) < 4.78 is 0. The predicted molar refractivity (Wildman–Crippen MR) is 107 cm³/mol. The number of carbonyl (C=O) groups excluding carboxylic acids is 2. The molecule has 0 unspecified atom stereocenters. The highest BCUT2D eigenvalue weighted by atomic mass is 35.5. The van der Waals surface area contributed by atoms with Crippen LogP contribution in [0, 0.1) is 0 Å². The van der Waals surface area contributed by atoms with Crippen LogP contribution in [0.4, 0.5) is 11.5 Å². The number of nitrogens with zero attached hydrogens (tertiary/aromatic N) is 1. The van der Waals surface area contributed by atoms with Crippen LogP contribution in [0.2, 0.25) is 0 Å². The minimum absolute atomic E-state index is 0. The van der Waals surface area contributed by atoms with E-state index in [1.165, 1.54) is 0 Å². The fraction of sp³-hybridized carbons (Fsp3) is 0.278. The smallest absolute Gasteiger partial charge is 0.256 e. The number of nitrogens with one attached hydrogen (secondary N) is 3. The van der Waals surface area contributed by atoms with Crippen LogP contribution in [-0.2, 0) is 4.79 Å². The van der Waals surface area contributed by atoms with Crippen molar-refractivity contribution < 1.29 is 9.59 Å². The number of pyridine rings is 1. The highest BCUT2D eigenvalue weighted by Gasteiger charge is 2.20. The van der Waals surface area contributed by atoms with E-state index in [1.807, 2.05) is 0 Å². The molecule has 6 nitrogen and oxygen atoms in total. The van der Waals surface area contributed by atoms with Crippen LogP contribution < -0.4 is 16.0 Å². The summed E-state index contributed by atoms with van der Waals surface area (Å²) in [7, 11) is 0. The number of benzene rings is 1. The maximum atomic E-state index is 12.3. The van der Waals surface area contributed by atoms with Gasteiger partial charge in [-0.1, -0.05) is 18.6 Å². The van der Waals surface area contributed by atoms with Crippen molar-refractivity contribution in [1.29, 1.82) is 0 Å². The second-order valence-corrected chi connectivity index (χ2v) is 5.74. The van der Waals surface area contributed by atoms with Crippen molar-refractivity contribution in [3.05, 3.63) is 54.2 Å². The summed E-state index contributed by atoms with van der Waals surface area (Å²) in [5.74, 6) is 0.168. The van der Waals surface area contributed by atoms with E-state index < -0.39 is 0 Å². The zero-order valence-corrected chi connectivity index (χ0v) is 15.7. The lowest BCUT2D eigenvalue weighted by molar-refractivity contribution is -0.118. The summed E-state index contributed by atoms with van der Waals surface area (Å²) >= 11 is 0. The number of amides is 2. The second kappa shape index (κ2) is 10.8. The SMILES string of the molecule is Cl.Cl.O=C(Nc1ccccn1)c1cccc(NC(=O)[C@H]2CCCCN2)c1. The highest BCUT2D eigenvalue weighted by molar-refractivity contribution is 6.05. The largest absolute Gasteiger partial charge is 0.325 e. The summed E-state index contributed by atoms with van der Waals surface area (Å²) in [6, 6.07) is 12.0. The van der Waals surface area contributed by atoms with Gasteiger partial charge in [0.25, 0.3) is 5.91 Å². The Morgan fingerprint density at radius 1 is 1.04 bits per heavy atom. The molecule has 3 rings (SSSR count). The van der Waals surface area contributed by atoms with Gasteiger partial charge in [-0.3, -0.25) is 9.59 Å². The van der Waals surface area contributed by atoms with Gasteiger partial charge >= 0.3 is 0 Å². The van der Waals surface area contributed by atoms with Crippen LogP contribution in [0.25, 0.3) is 0 Å². The maximum Gasteiger partial charge on any atom is 0.256 e. The Morgan fingerprint density at radius 2 is 1.88 bits per heavy atom. The average Bonchev–Trinajstić information content (AvgIpc) is 2.63. The molecule has 1 fully saturated rings. The van der Waals surface area contributed by atoms with E-state index in [9.17, 15) is 9.59 Å². The Kier molecular flexibility index (Phi) is 9.05. The van der Waals surface area contributed by atoms with E-state index in [0.29, 0.717) is 17.1 Å². The Balaban J connectivity index is 0.00000169. The summed E-state index contributed by atoms with van der Waals surface area (Å²) in [4.78, 5) is 28.6. The molecule has 140 valence electrons. The lowest BCUT2D eigenvalue weighted by Crippen LogP contribution is -2.43. The van der Waals surface area contributed by atoms with Gasteiger partial charge in [0.05, 0.1) is 6.04 Å². The second-order valence-electron chi connectivity index (χ2n) is 5.74. The molecule has 2 amide bonds. The molecule has 1 aromatic carbocycles. The molecule has 0 spiro atoms. The van der Waals surface area contributed by atoms with E-state index in [4.69, 9.17) is 0 Å². The van der Waals surface area contributed by atoms with Gasteiger partial charge in [0.15, 0.2) is 0 Å². The number of halogens is 2. The number of piperidine rings is 1. The number of anilines is 2. The van der Waals surface area contributed by atoms with E-state index in [0.717, 1.165) is 25.8 Å². The molecule has 0 bridgehead atoms. The molecule has 0 radical (unpaired) electrons. The topological polar surface area (TPSA) is 83.1 Å². The first-order valence-corrected chi connectivity index (χ1v) is 8.09. The fourth-order valence-electron chi connectivity index (χ4n) is 2.67. The number of hydrogen-bond acceptors (Lipinski definition) is 4. The van der Waals surface area contributed by atoms with E-state index in [1.54, 1.807) is 48.7 Å². The number of carbonyl (C=O) groups is 2. The number of hydrogen-bond donors (Lipinski definition) is 3. The molecular weight excluding hydrogens is 375 g/mol. The van der Waals surface area contributed by atoms with Crippen molar-refractivity contribution in [3.63, 3.8) is 0 Å². The lowest BCUT2D eigenvalue weighted by atomic mass is 10.0. The van der Waals surface area contributed by atoms with Crippen molar-refractivity contribution >= 4 is 48.1 Å². The van der Waals surface area contributed by atoms with Crippen molar-refractivity contribution in [2.45, 2.75) is 25.3 Å². The number of aromatic nitrogens is 1. The van der Waals surface area contributed by atoms with Crippen molar-refractivity contribution in [1.82, 2.24) is 10.3 Å². The molecule has 1 saturated heterocycles. The van der Waals surface area contributed by atoms with Crippen molar-refractivity contribution in [2.75, 3.05) is 17.2 Å². The predicted octanol–water partition coefficient (Wildman–Crippen LogP) is 3.26. The van der Waals surface area contributed by atoms with Crippen LogP contribution >= 0.6 is 24.8 Å². The van der Waals surface area contributed by atoms with Crippen LogP contribution in [0.15, 0.2) is 48.7 Å². The van der Waals surface area contributed by atoms with Crippen LogP contribution in [0.1, 0.15) is 29.6 Å². The van der Waals surface area contributed by atoms with Crippen molar-refractivity contribution in [2.24, 2.45) is 0 Å². The Morgan fingerprint density at radius 3 is 2.58 bits per heavy atom. The minimum Gasteiger partial charge on any atom is -0.325 e. The summed E-state index contributed by atoms with van der Waals surface area (Å²) in [5.41, 5.74) is 1.08. The zero-order valence-electron chi connectivity index (χ0n) is 14.1. The Bertz CT molecular complexity index is 722. The summed E-state index contributed by atoms with van der Waals surface area (Å²) in [6.45, 7) is 0.866. The molecule has 2 heterocycles. The fourth-order valence-corrected chi connectivity index (χ4v) is 2.67. The molecule has 1 atom stereocenters. The van der Waals surface area contributed by atoms with Gasteiger partial charge < -0.3 is 16.0 Å². The van der Waals surface area contributed by atoms with E-state index >= 15 is 0 Å². The van der Waals surface area contributed by atoms with Crippen molar-refractivity contribution in [3.8, 4) is 0 Å². The van der Waals surface area contributed by atoms with Crippen LogP contribution in [0.3, 0.4) is 0 Å². The van der Waals surface area contributed by atoms with Gasteiger partial charge in [0.2, 0.25) is 5.91 Å². The molecular formula is C18H22Cl2N4O2.